The van der Waals surface area contributed by atoms with Crippen LogP contribution in [0.4, 0.5) is 5.82 Å². The first kappa shape index (κ1) is 25.6. The van der Waals surface area contributed by atoms with E-state index in [9.17, 15) is 0 Å². The summed E-state index contributed by atoms with van der Waals surface area (Å²) in [7, 11) is 0. The van der Waals surface area contributed by atoms with Crippen molar-refractivity contribution in [2.24, 2.45) is 0 Å². The lowest BCUT2D eigenvalue weighted by molar-refractivity contribution is -0.0987. The summed E-state index contributed by atoms with van der Waals surface area (Å²) < 4.78 is 11.5. The van der Waals surface area contributed by atoms with E-state index in [1.54, 1.807) is 23.7 Å². The van der Waals surface area contributed by atoms with Crippen LogP contribution in [-0.2, 0) is 16.2 Å². The van der Waals surface area contributed by atoms with Gasteiger partial charge in [0.25, 0.3) is 5.88 Å². The predicted octanol–water partition coefficient (Wildman–Crippen LogP) is 5.07. The van der Waals surface area contributed by atoms with Crippen molar-refractivity contribution in [2.45, 2.75) is 20.5 Å². The molecule has 0 aliphatic rings. The van der Waals surface area contributed by atoms with Gasteiger partial charge < -0.3 is 24.1 Å². The number of thiophene rings is 1. The molecule has 0 unspecified atom stereocenters. The molecular weight excluding hydrogens is 425 g/mol. The zero-order valence-electron chi connectivity index (χ0n) is 15.5. The molecule has 3 rings (SSSR count). The van der Waals surface area contributed by atoms with Crippen molar-refractivity contribution in [1.82, 2.24) is 9.97 Å². The third kappa shape index (κ3) is 10.1. The Morgan fingerprint density at radius 2 is 1.93 bits per heavy atom. The van der Waals surface area contributed by atoms with Gasteiger partial charge in [0.15, 0.2) is 5.82 Å². The van der Waals surface area contributed by atoms with Crippen molar-refractivity contribution in [2.75, 3.05) is 11.9 Å². The van der Waals surface area contributed by atoms with Gasteiger partial charge in [-0.1, -0.05) is 23.2 Å². The molecule has 0 amide bonds. The van der Waals surface area contributed by atoms with Gasteiger partial charge in [0.2, 0.25) is 0 Å². The van der Waals surface area contributed by atoms with Gasteiger partial charge in [0.1, 0.15) is 31.1 Å². The molecule has 0 fully saturated rings. The Kier molecular flexibility index (Phi) is 14.3. The number of hydrogen-bond acceptors (Lipinski definition) is 8. The summed E-state index contributed by atoms with van der Waals surface area (Å²) in [6, 6.07) is 7.54. The molecule has 0 atom stereocenters. The fourth-order valence-corrected chi connectivity index (χ4v) is 2.82. The maximum Gasteiger partial charge on any atom is 0.257 e. The Hall–Kier alpha value is -2.42. The number of ether oxygens (including phenoxy) is 1. The third-order valence-electron chi connectivity index (χ3n) is 2.69. The smallest absolute Gasteiger partial charge is 0.257 e. The van der Waals surface area contributed by atoms with E-state index in [1.807, 2.05) is 45.6 Å². The maximum atomic E-state index is 8.00. The molecule has 10 heteroatoms. The van der Waals surface area contributed by atoms with E-state index >= 15 is 0 Å². The van der Waals surface area contributed by atoms with Crippen LogP contribution >= 0.6 is 34.5 Å². The van der Waals surface area contributed by atoms with Gasteiger partial charge in [-0.15, -0.1) is 11.3 Å². The molecule has 3 aromatic heterocycles. The first-order valence-electron chi connectivity index (χ1n) is 7.79. The average Bonchev–Trinajstić information content (AvgIpc) is 3.36. The fraction of sp³-hybridized carbons (Fsp3) is 0.222. The highest BCUT2D eigenvalue weighted by Gasteiger charge is 2.08. The van der Waals surface area contributed by atoms with Crippen LogP contribution in [0.15, 0.2) is 41.1 Å². The Bertz CT molecular complexity index is 766. The number of halogens is 2. The Labute approximate surface area is 177 Å². The van der Waals surface area contributed by atoms with Gasteiger partial charge in [-0.3, -0.25) is 0 Å². The zero-order chi connectivity index (χ0) is 21.4. The maximum absolute atomic E-state index is 8.00. The SMILES string of the molecule is C=O.C=O.CCNc1nc(Cl)cnc1OCc1ccco1.Cc1ccc(Cl)s1. The van der Waals surface area contributed by atoms with Gasteiger partial charge in [-0.25, -0.2) is 9.97 Å². The fourth-order valence-electron chi connectivity index (χ4n) is 1.68. The van der Waals surface area contributed by atoms with Gasteiger partial charge in [-0.2, -0.15) is 0 Å². The minimum Gasteiger partial charge on any atom is -0.467 e. The molecule has 1 N–H and O–H groups in total. The minimum absolute atomic E-state index is 0.307. The topological polar surface area (TPSA) is 94.3 Å². The molecule has 3 heterocycles. The van der Waals surface area contributed by atoms with Gasteiger partial charge >= 0.3 is 0 Å². The highest BCUT2D eigenvalue weighted by Crippen LogP contribution is 2.22. The zero-order valence-corrected chi connectivity index (χ0v) is 17.8. The summed E-state index contributed by atoms with van der Waals surface area (Å²) >= 11 is 13.0. The van der Waals surface area contributed by atoms with E-state index in [0.29, 0.717) is 30.0 Å². The standard InChI is InChI=1S/C11H12ClN3O2.C5H5ClS.2CH2O/c1-2-13-10-11(14-6-9(12)15-10)17-7-8-4-3-5-16-8;1-4-2-3-5(6)7-4;2*1-2/h3-6H,2,7H2,1H3,(H,13,15);2-3H,1H3;2*1H2. The molecule has 0 aliphatic heterocycles. The Balaban J connectivity index is 0.000000553. The first-order valence-corrected chi connectivity index (χ1v) is 9.37. The number of carbonyl (C=O) groups is 2. The molecule has 0 saturated carbocycles. The number of aromatic nitrogens is 2. The van der Waals surface area contributed by atoms with E-state index in [4.69, 9.17) is 41.9 Å². The van der Waals surface area contributed by atoms with Gasteiger partial charge in [0.05, 0.1) is 16.8 Å². The lowest BCUT2D eigenvalue weighted by atomic mass is 10.5. The Morgan fingerprint density at radius 1 is 1.21 bits per heavy atom. The lowest BCUT2D eigenvalue weighted by Gasteiger charge is -2.09. The molecular formula is C18H21Cl2N3O4S. The molecule has 3 aromatic rings. The van der Waals surface area contributed by atoms with E-state index in [2.05, 4.69) is 15.3 Å². The van der Waals surface area contributed by atoms with E-state index in [0.717, 1.165) is 10.1 Å². The molecule has 0 aromatic carbocycles. The highest BCUT2D eigenvalue weighted by molar-refractivity contribution is 7.16. The molecule has 7 nitrogen and oxygen atoms in total. The minimum atomic E-state index is 0.307. The van der Waals surface area contributed by atoms with Crippen LogP contribution in [-0.4, -0.2) is 30.1 Å². The molecule has 0 spiro atoms. The third-order valence-corrected chi connectivity index (χ3v) is 4.02. The summed E-state index contributed by atoms with van der Waals surface area (Å²) in [5, 5.41) is 3.36. The number of rotatable bonds is 5. The molecule has 0 saturated heterocycles. The van der Waals surface area contributed by atoms with Crippen LogP contribution in [0.5, 0.6) is 5.88 Å². The van der Waals surface area contributed by atoms with Crippen molar-refractivity contribution >= 4 is 53.9 Å². The van der Waals surface area contributed by atoms with Crippen molar-refractivity contribution in [3.63, 3.8) is 0 Å². The number of carbonyl (C=O) groups excluding carboxylic acids is 2. The van der Waals surface area contributed by atoms with Crippen LogP contribution < -0.4 is 10.1 Å². The summed E-state index contributed by atoms with van der Waals surface area (Å²) in [5.74, 6) is 1.67. The van der Waals surface area contributed by atoms with Crippen molar-refractivity contribution in [3.05, 3.63) is 56.9 Å². The first-order chi connectivity index (χ1) is 13.6. The van der Waals surface area contributed by atoms with Gasteiger partial charge in [0, 0.05) is 11.4 Å². The number of hydrogen-bond donors (Lipinski definition) is 1. The molecule has 0 aliphatic carbocycles. The predicted molar refractivity (Wildman–Crippen MR) is 113 cm³/mol. The van der Waals surface area contributed by atoms with Crippen LogP contribution in [0.1, 0.15) is 17.6 Å². The molecule has 152 valence electrons. The number of aryl methyl sites for hydroxylation is 1. The van der Waals surface area contributed by atoms with Crippen molar-refractivity contribution < 1.29 is 18.7 Å². The number of nitrogens with zero attached hydrogens (tertiary/aromatic N) is 2. The number of furan rings is 1. The average molecular weight is 446 g/mol. The van der Waals surface area contributed by atoms with E-state index < -0.39 is 0 Å². The molecule has 0 radical (unpaired) electrons. The second-order valence-corrected chi connectivity index (χ2v) is 6.90. The molecule has 28 heavy (non-hydrogen) atoms. The number of nitrogens with one attached hydrogen (secondary N) is 1. The quantitative estimate of drug-likeness (QED) is 0.585. The van der Waals surface area contributed by atoms with Crippen LogP contribution in [0, 0.1) is 6.92 Å². The van der Waals surface area contributed by atoms with Crippen LogP contribution in [0.3, 0.4) is 0 Å². The van der Waals surface area contributed by atoms with Crippen molar-refractivity contribution in [3.8, 4) is 5.88 Å². The second-order valence-electron chi connectivity index (χ2n) is 4.60. The monoisotopic (exact) mass is 445 g/mol. The summed E-state index contributed by atoms with van der Waals surface area (Å²) in [5.41, 5.74) is 0. The second kappa shape index (κ2) is 15.6. The highest BCUT2D eigenvalue weighted by atomic mass is 35.5. The van der Waals surface area contributed by atoms with Crippen LogP contribution in [0.25, 0.3) is 0 Å². The molecule has 0 bridgehead atoms. The van der Waals surface area contributed by atoms with Gasteiger partial charge in [-0.05, 0) is 38.1 Å². The summed E-state index contributed by atoms with van der Waals surface area (Å²) in [6.07, 6.45) is 3.04. The van der Waals surface area contributed by atoms with Crippen LogP contribution in [0.2, 0.25) is 9.49 Å². The Morgan fingerprint density at radius 3 is 2.39 bits per heavy atom. The largest absolute Gasteiger partial charge is 0.467 e. The van der Waals surface area contributed by atoms with E-state index in [1.165, 1.54) is 11.1 Å². The van der Waals surface area contributed by atoms with Crippen molar-refractivity contribution in [1.29, 1.82) is 0 Å². The summed E-state index contributed by atoms with van der Waals surface area (Å²) in [6.45, 7) is 9.02. The van der Waals surface area contributed by atoms with E-state index in [-0.39, 0.29) is 0 Å². The summed E-state index contributed by atoms with van der Waals surface area (Å²) in [4.78, 5) is 25.4. The lowest BCUT2D eigenvalue weighted by Crippen LogP contribution is -2.05. The normalized spacial score (nSPS) is 8.86. The number of anilines is 1.